The summed E-state index contributed by atoms with van der Waals surface area (Å²) in [4.78, 5) is 21.3. The second-order valence-corrected chi connectivity index (χ2v) is 7.77. The zero-order valence-corrected chi connectivity index (χ0v) is 16.3. The molecule has 1 aromatic carbocycles. The van der Waals surface area contributed by atoms with Crippen molar-refractivity contribution in [2.24, 2.45) is 0 Å². The number of thiazole rings is 1. The van der Waals surface area contributed by atoms with Crippen molar-refractivity contribution in [3.05, 3.63) is 50.9 Å². The molecule has 140 valence electrons. The van der Waals surface area contributed by atoms with E-state index in [-0.39, 0.29) is 12.5 Å². The van der Waals surface area contributed by atoms with Crippen LogP contribution in [-0.4, -0.2) is 65.8 Å². The Morgan fingerprint density at radius 2 is 2.23 bits per heavy atom. The summed E-state index contributed by atoms with van der Waals surface area (Å²) in [7, 11) is 3.92. The molecule has 1 amide bonds. The van der Waals surface area contributed by atoms with Gasteiger partial charge in [-0.3, -0.25) is 4.79 Å². The number of aliphatic hydroxyl groups is 1. The fourth-order valence-electron chi connectivity index (χ4n) is 3.10. The first kappa shape index (κ1) is 19.3. The number of aromatic nitrogens is 1. The molecule has 0 saturated carbocycles. The van der Waals surface area contributed by atoms with Gasteiger partial charge in [-0.2, -0.15) is 0 Å². The molecule has 0 radical (unpaired) electrons. The lowest BCUT2D eigenvalue weighted by atomic mass is 9.98. The molecule has 0 bridgehead atoms. The molecule has 1 fully saturated rings. The van der Waals surface area contributed by atoms with Crippen LogP contribution in [0.3, 0.4) is 0 Å². The third-order valence-electron chi connectivity index (χ3n) is 4.24. The molecule has 1 N–H and O–H groups in total. The Hall–Kier alpha value is -1.51. The standard InChI is InChI=1S/C18H22ClN3O3S/c1-21(2)9-16-20-14(11-26-16)18(24)22-7-8-25-15(10-23)17(22)12-5-3-4-6-13(12)19/h3-6,11,15,17,23H,7-10H2,1-2H3/t15-,17-/m0/s1. The Kier molecular flexibility index (Phi) is 6.26. The van der Waals surface area contributed by atoms with Crippen molar-refractivity contribution in [2.45, 2.75) is 18.7 Å². The molecule has 2 atom stereocenters. The van der Waals surface area contributed by atoms with E-state index in [1.54, 1.807) is 16.3 Å². The fourth-order valence-corrected chi connectivity index (χ4v) is 4.23. The van der Waals surface area contributed by atoms with Crippen molar-refractivity contribution < 1.29 is 14.6 Å². The van der Waals surface area contributed by atoms with Gasteiger partial charge in [0.1, 0.15) is 16.8 Å². The van der Waals surface area contributed by atoms with E-state index in [0.717, 1.165) is 10.6 Å². The second-order valence-electron chi connectivity index (χ2n) is 6.42. The van der Waals surface area contributed by atoms with Crippen molar-refractivity contribution in [1.29, 1.82) is 0 Å². The highest BCUT2D eigenvalue weighted by Crippen LogP contribution is 2.34. The van der Waals surface area contributed by atoms with E-state index in [4.69, 9.17) is 16.3 Å². The van der Waals surface area contributed by atoms with Crippen molar-refractivity contribution in [1.82, 2.24) is 14.8 Å². The van der Waals surface area contributed by atoms with E-state index in [1.807, 2.05) is 37.2 Å². The van der Waals surface area contributed by atoms with E-state index < -0.39 is 12.1 Å². The SMILES string of the molecule is CN(C)Cc1nc(C(=O)N2CCO[C@@H](CO)[C@@H]2c2ccccc2Cl)cs1. The smallest absolute Gasteiger partial charge is 0.274 e. The molecule has 26 heavy (non-hydrogen) atoms. The Morgan fingerprint density at radius 1 is 1.46 bits per heavy atom. The van der Waals surface area contributed by atoms with Crippen LogP contribution >= 0.6 is 22.9 Å². The molecule has 8 heteroatoms. The Balaban J connectivity index is 1.91. The molecule has 1 aliphatic rings. The number of amides is 1. The summed E-state index contributed by atoms with van der Waals surface area (Å²) in [6, 6.07) is 6.90. The van der Waals surface area contributed by atoms with Crippen molar-refractivity contribution in [3.63, 3.8) is 0 Å². The average molecular weight is 396 g/mol. The van der Waals surface area contributed by atoms with E-state index >= 15 is 0 Å². The van der Waals surface area contributed by atoms with Gasteiger partial charge >= 0.3 is 0 Å². The van der Waals surface area contributed by atoms with Crippen LogP contribution in [0.25, 0.3) is 0 Å². The van der Waals surface area contributed by atoms with Gasteiger partial charge in [-0.05, 0) is 25.7 Å². The molecule has 2 heterocycles. The normalized spacial score (nSPS) is 20.6. The second kappa shape index (κ2) is 8.45. The van der Waals surface area contributed by atoms with E-state index in [9.17, 15) is 9.90 Å². The minimum Gasteiger partial charge on any atom is -0.394 e. The monoisotopic (exact) mass is 395 g/mol. The highest BCUT2D eigenvalue weighted by atomic mass is 35.5. The topological polar surface area (TPSA) is 65.9 Å². The van der Waals surface area contributed by atoms with Crippen LogP contribution in [0.4, 0.5) is 0 Å². The number of hydrogen-bond donors (Lipinski definition) is 1. The summed E-state index contributed by atoms with van der Waals surface area (Å²) in [6.07, 6.45) is -0.521. The number of carbonyl (C=O) groups is 1. The first-order chi connectivity index (χ1) is 12.5. The first-order valence-corrected chi connectivity index (χ1v) is 9.64. The Morgan fingerprint density at radius 3 is 2.92 bits per heavy atom. The van der Waals surface area contributed by atoms with Crippen LogP contribution in [0.2, 0.25) is 5.02 Å². The molecule has 1 aromatic heterocycles. The van der Waals surface area contributed by atoms with Crippen molar-refractivity contribution >= 4 is 28.8 Å². The van der Waals surface area contributed by atoms with Gasteiger partial charge in [-0.1, -0.05) is 29.8 Å². The number of halogens is 1. The maximum Gasteiger partial charge on any atom is 0.274 e. The summed E-state index contributed by atoms with van der Waals surface area (Å²) in [6.45, 7) is 1.29. The number of carbonyl (C=O) groups excluding carboxylic acids is 1. The summed E-state index contributed by atoms with van der Waals surface area (Å²) < 4.78 is 5.70. The third-order valence-corrected chi connectivity index (χ3v) is 5.42. The molecule has 2 aromatic rings. The maximum absolute atomic E-state index is 13.1. The molecule has 6 nitrogen and oxygen atoms in total. The Bertz CT molecular complexity index is 768. The quantitative estimate of drug-likeness (QED) is 0.842. The van der Waals surface area contributed by atoms with Crippen molar-refractivity contribution in [2.75, 3.05) is 33.9 Å². The molecule has 0 unspecified atom stereocenters. The summed E-state index contributed by atoms with van der Waals surface area (Å²) >= 11 is 7.83. The van der Waals surface area contributed by atoms with Crippen LogP contribution < -0.4 is 0 Å². The number of hydrogen-bond acceptors (Lipinski definition) is 6. The summed E-state index contributed by atoms with van der Waals surface area (Å²) in [5.41, 5.74) is 1.19. The van der Waals surface area contributed by atoms with Gasteiger partial charge in [0.25, 0.3) is 5.91 Å². The van der Waals surface area contributed by atoms with Gasteiger partial charge in [0, 0.05) is 23.5 Å². The molecular formula is C18H22ClN3O3S. The van der Waals surface area contributed by atoms with E-state index in [2.05, 4.69) is 4.98 Å². The first-order valence-electron chi connectivity index (χ1n) is 8.38. The third kappa shape index (κ3) is 4.07. The average Bonchev–Trinajstić information content (AvgIpc) is 3.08. The number of ether oxygens (including phenoxy) is 1. The highest BCUT2D eigenvalue weighted by molar-refractivity contribution is 7.09. The number of rotatable bonds is 5. The molecule has 1 aliphatic heterocycles. The molecule has 0 aliphatic carbocycles. The van der Waals surface area contributed by atoms with Crippen LogP contribution in [0.15, 0.2) is 29.6 Å². The van der Waals surface area contributed by atoms with Gasteiger partial charge in [0.2, 0.25) is 0 Å². The lowest BCUT2D eigenvalue weighted by molar-refractivity contribution is -0.0812. The van der Waals surface area contributed by atoms with Crippen LogP contribution in [0.5, 0.6) is 0 Å². The van der Waals surface area contributed by atoms with Gasteiger partial charge < -0.3 is 19.6 Å². The van der Waals surface area contributed by atoms with Crippen LogP contribution in [0.1, 0.15) is 27.1 Å². The minimum atomic E-state index is -0.521. The van der Waals surface area contributed by atoms with Gasteiger partial charge in [0.05, 0.1) is 19.3 Å². The van der Waals surface area contributed by atoms with Gasteiger partial charge in [-0.25, -0.2) is 4.98 Å². The zero-order chi connectivity index (χ0) is 18.7. The molecular weight excluding hydrogens is 374 g/mol. The summed E-state index contributed by atoms with van der Waals surface area (Å²) in [5.74, 6) is -0.169. The van der Waals surface area contributed by atoms with Crippen LogP contribution in [0, 0.1) is 0 Å². The zero-order valence-electron chi connectivity index (χ0n) is 14.8. The lowest BCUT2D eigenvalue weighted by Crippen LogP contribution is -2.49. The van der Waals surface area contributed by atoms with Crippen molar-refractivity contribution in [3.8, 4) is 0 Å². The van der Waals surface area contributed by atoms with E-state index in [1.165, 1.54) is 11.3 Å². The number of benzene rings is 1. The predicted octanol–water partition coefficient (Wildman–Crippen LogP) is 2.43. The highest BCUT2D eigenvalue weighted by Gasteiger charge is 2.38. The van der Waals surface area contributed by atoms with E-state index in [0.29, 0.717) is 30.4 Å². The molecule has 3 rings (SSSR count). The Labute approximate surface area is 162 Å². The lowest BCUT2D eigenvalue weighted by Gasteiger charge is -2.40. The van der Waals surface area contributed by atoms with Gasteiger partial charge in [0.15, 0.2) is 0 Å². The van der Waals surface area contributed by atoms with Crippen LogP contribution in [-0.2, 0) is 11.3 Å². The number of morpholine rings is 1. The predicted molar refractivity (Wildman–Crippen MR) is 102 cm³/mol. The van der Waals surface area contributed by atoms with Gasteiger partial charge in [-0.15, -0.1) is 11.3 Å². The molecule has 1 saturated heterocycles. The maximum atomic E-state index is 13.1. The number of nitrogens with zero attached hydrogens (tertiary/aromatic N) is 3. The largest absolute Gasteiger partial charge is 0.394 e. The minimum absolute atomic E-state index is 0.169. The summed E-state index contributed by atoms with van der Waals surface area (Å²) in [5, 5.41) is 13.0. The molecule has 0 spiro atoms. The fraction of sp³-hybridized carbons (Fsp3) is 0.444. The number of aliphatic hydroxyl groups excluding tert-OH is 1.